The Labute approximate surface area is 123 Å². The van der Waals surface area contributed by atoms with Gasteiger partial charge in [-0.15, -0.1) is 0 Å². The van der Waals surface area contributed by atoms with E-state index in [0.717, 1.165) is 48.3 Å². The van der Waals surface area contributed by atoms with Crippen molar-refractivity contribution in [3.05, 3.63) is 17.5 Å². The number of nitrogens with zero attached hydrogens (tertiary/aromatic N) is 4. The number of aromatic nitrogens is 3. The second-order valence-electron chi connectivity index (χ2n) is 5.63. The summed E-state index contributed by atoms with van der Waals surface area (Å²) < 4.78 is 1.72. The van der Waals surface area contributed by atoms with E-state index in [0.29, 0.717) is 0 Å². The molecular weight excluding hydrogens is 268 g/mol. The van der Waals surface area contributed by atoms with Gasteiger partial charge in [0.15, 0.2) is 5.65 Å². The molecule has 1 N–H and O–H groups in total. The summed E-state index contributed by atoms with van der Waals surface area (Å²) in [6, 6.07) is 0. The molecule has 0 saturated carbocycles. The normalized spacial score (nSPS) is 16.2. The van der Waals surface area contributed by atoms with Crippen LogP contribution in [0.15, 0.2) is 6.20 Å². The zero-order valence-electron chi connectivity index (χ0n) is 12.5. The third-order valence-electron chi connectivity index (χ3n) is 4.15. The molecule has 0 unspecified atom stereocenters. The van der Waals surface area contributed by atoms with E-state index in [2.05, 4.69) is 15.0 Å². The molecule has 0 aromatic carbocycles. The standard InChI is InChI=1S/C15H20N4O2/c1-10-12-13(19-7-5-3-4-6-8-19)11(15(20)21)9-16-14(12)18(2)17-10/h9H,3-8H2,1-2H3,(H,20,21). The number of carboxylic acid groups (broad SMARTS) is 1. The lowest BCUT2D eigenvalue weighted by molar-refractivity contribution is 0.0697. The van der Waals surface area contributed by atoms with Crippen LogP contribution in [0.1, 0.15) is 41.7 Å². The molecule has 3 heterocycles. The molecule has 6 heteroatoms. The summed E-state index contributed by atoms with van der Waals surface area (Å²) in [6.45, 7) is 3.71. The topological polar surface area (TPSA) is 71.2 Å². The molecule has 1 aliphatic heterocycles. The van der Waals surface area contributed by atoms with Gasteiger partial charge < -0.3 is 10.0 Å². The molecule has 0 radical (unpaired) electrons. The highest BCUT2D eigenvalue weighted by atomic mass is 16.4. The van der Waals surface area contributed by atoms with E-state index in [4.69, 9.17) is 0 Å². The number of anilines is 1. The Morgan fingerprint density at radius 2 is 1.90 bits per heavy atom. The first kappa shape index (κ1) is 13.9. The molecule has 112 valence electrons. The van der Waals surface area contributed by atoms with E-state index < -0.39 is 5.97 Å². The first-order chi connectivity index (χ1) is 10.1. The van der Waals surface area contributed by atoms with Gasteiger partial charge in [0, 0.05) is 26.3 Å². The van der Waals surface area contributed by atoms with E-state index in [-0.39, 0.29) is 5.56 Å². The SMILES string of the molecule is Cc1nn(C)c2ncc(C(=O)O)c(N3CCCCCC3)c12. The quantitative estimate of drug-likeness (QED) is 0.918. The van der Waals surface area contributed by atoms with Gasteiger partial charge in [-0.3, -0.25) is 4.68 Å². The lowest BCUT2D eigenvalue weighted by Crippen LogP contribution is -2.26. The van der Waals surface area contributed by atoms with E-state index in [1.165, 1.54) is 19.0 Å². The Hall–Kier alpha value is -2.11. The van der Waals surface area contributed by atoms with Gasteiger partial charge in [0.2, 0.25) is 0 Å². The summed E-state index contributed by atoms with van der Waals surface area (Å²) in [4.78, 5) is 18.1. The van der Waals surface area contributed by atoms with E-state index in [1.807, 2.05) is 14.0 Å². The minimum absolute atomic E-state index is 0.278. The second-order valence-corrected chi connectivity index (χ2v) is 5.63. The van der Waals surface area contributed by atoms with Gasteiger partial charge in [0.1, 0.15) is 5.56 Å². The molecule has 0 atom stereocenters. The number of carbonyl (C=O) groups is 1. The highest BCUT2D eigenvalue weighted by Crippen LogP contribution is 2.33. The maximum Gasteiger partial charge on any atom is 0.339 e. The Kier molecular flexibility index (Phi) is 3.53. The van der Waals surface area contributed by atoms with E-state index in [1.54, 1.807) is 4.68 Å². The Morgan fingerprint density at radius 1 is 1.24 bits per heavy atom. The molecule has 0 amide bonds. The molecular formula is C15H20N4O2. The van der Waals surface area contributed by atoms with Gasteiger partial charge in [0.25, 0.3) is 0 Å². The first-order valence-corrected chi connectivity index (χ1v) is 7.40. The molecule has 0 bridgehead atoms. The van der Waals surface area contributed by atoms with Crippen molar-refractivity contribution in [2.75, 3.05) is 18.0 Å². The van der Waals surface area contributed by atoms with Gasteiger partial charge in [-0.2, -0.15) is 5.10 Å². The highest BCUT2D eigenvalue weighted by Gasteiger charge is 2.24. The van der Waals surface area contributed by atoms with E-state index in [9.17, 15) is 9.90 Å². The van der Waals surface area contributed by atoms with Crippen LogP contribution in [0.25, 0.3) is 11.0 Å². The maximum atomic E-state index is 11.6. The summed E-state index contributed by atoms with van der Waals surface area (Å²) >= 11 is 0. The van der Waals surface area contributed by atoms with Crippen molar-refractivity contribution in [3.63, 3.8) is 0 Å². The third kappa shape index (κ3) is 2.34. The van der Waals surface area contributed by atoms with Crippen molar-refractivity contribution < 1.29 is 9.90 Å². The molecule has 3 rings (SSSR count). The van der Waals surface area contributed by atoms with Crippen molar-refractivity contribution in [3.8, 4) is 0 Å². The average molecular weight is 288 g/mol. The molecule has 0 aliphatic carbocycles. The molecule has 1 aliphatic rings. The van der Waals surface area contributed by atoms with Crippen LogP contribution in [0.3, 0.4) is 0 Å². The number of aryl methyl sites for hydroxylation is 2. The van der Waals surface area contributed by atoms with Crippen LogP contribution in [0.5, 0.6) is 0 Å². The molecule has 1 fully saturated rings. The smallest absolute Gasteiger partial charge is 0.339 e. The number of aromatic carboxylic acids is 1. The van der Waals surface area contributed by atoms with Crippen LogP contribution in [0.2, 0.25) is 0 Å². The lowest BCUT2D eigenvalue weighted by Gasteiger charge is -2.25. The largest absolute Gasteiger partial charge is 0.478 e. The van der Waals surface area contributed by atoms with Gasteiger partial charge in [-0.1, -0.05) is 12.8 Å². The van der Waals surface area contributed by atoms with Crippen molar-refractivity contribution in [2.45, 2.75) is 32.6 Å². The number of hydrogen-bond donors (Lipinski definition) is 1. The molecule has 2 aromatic rings. The number of hydrogen-bond acceptors (Lipinski definition) is 4. The van der Waals surface area contributed by atoms with E-state index >= 15 is 0 Å². The van der Waals surface area contributed by atoms with Gasteiger partial charge in [-0.05, 0) is 19.8 Å². The van der Waals surface area contributed by atoms with Crippen LogP contribution in [-0.4, -0.2) is 38.9 Å². The van der Waals surface area contributed by atoms with Crippen molar-refractivity contribution in [2.24, 2.45) is 7.05 Å². The van der Waals surface area contributed by atoms with Crippen molar-refractivity contribution in [1.82, 2.24) is 14.8 Å². The van der Waals surface area contributed by atoms with Gasteiger partial charge >= 0.3 is 5.97 Å². The maximum absolute atomic E-state index is 11.6. The predicted octanol–water partition coefficient (Wildman–Crippen LogP) is 2.36. The predicted molar refractivity (Wildman–Crippen MR) is 80.9 cm³/mol. The minimum atomic E-state index is -0.924. The Morgan fingerprint density at radius 3 is 2.52 bits per heavy atom. The van der Waals surface area contributed by atoms with Crippen LogP contribution >= 0.6 is 0 Å². The zero-order chi connectivity index (χ0) is 15.0. The van der Waals surface area contributed by atoms with Gasteiger partial charge in [0.05, 0.1) is 16.8 Å². The monoisotopic (exact) mass is 288 g/mol. The Bertz CT molecular complexity index is 685. The molecule has 21 heavy (non-hydrogen) atoms. The highest BCUT2D eigenvalue weighted by molar-refractivity contribution is 6.04. The van der Waals surface area contributed by atoms with Crippen molar-refractivity contribution in [1.29, 1.82) is 0 Å². The third-order valence-corrected chi connectivity index (χ3v) is 4.15. The van der Waals surface area contributed by atoms with Gasteiger partial charge in [-0.25, -0.2) is 9.78 Å². The Balaban J connectivity index is 2.25. The number of carboxylic acids is 1. The summed E-state index contributed by atoms with van der Waals surface area (Å²) in [5.41, 5.74) is 2.65. The second kappa shape index (κ2) is 5.35. The zero-order valence-corrected chi connectivity index (χ0v) is 12.5. The fourth-order valence-corrected chi connectivity index (χ4v) is 3.17. The summed E-state index contributed by atoms with van der Waals surface area (Å²) in [7, 11) is 1.84. The first-order valence-electron chi connectivity index (χ1n) is 7.40. The van der Waals surface area contributed by atoms with Crippen LogP contribution in [0, 0.1) is 6.92 Å². The molecule has 0 spiro atoms. The molecule has 6 nitrogen and oxygen atoms in total. The summed E-state index contributed by atoms with van der Waals surface area (Å²) in [5.74, 6) is -0.924. The fraction of sp³-hybridized carbons (Fsp3) is 0.533. The van der Waals surface area contributed by atoms with Crippen molar-refractivity contribution >= 4 is 22.7 Å². The number of pyridine rings is 1. The minimum Gasteiger partial charge on any atom is -0.478 e. The van der Waals surface area contributed by atoms with Crippen LogP contribution in [0.4, 0.5) is 5.69 Å². The van der Waals surface area contributed by atoms with Crippen LogP contribution < -0.4 is 4.90 Å². The van der Waals surface area contributed by atoms with Crippen LogP contribution in [-0.2, 0) is 7.05 Å². The molecule has 2 aromatic heterocycles. The average Bonchev–Trinajstić information content (AvgIpc) is 2.67. The summed E-state index contributed by atoms with van der Waals surface area (Å²) in [5, 5.41) is 14.8. The molecule has 1 saturated heterocycles. The summed E-state index contributed by atoms with van der Waals surface area (Å²) in [6.07, 6.45) is 6.08. The fourth-order valence-electron chi connectivity index (χ4n) is 3.17. The number of rotatable bonds is 2. The number of fused-ring (bicyclic) bond motifs is 1. The lowest BCUT2D eigenvalue weighted by atomic mass is 10.1.